The predicted octanol–water partition coefficient (Wildman–Crippen LogP) is 2.75. The van der Waals surface area contributed by atoms with Gasteiger partial charge in [-0.05, 0) is 43.0 Å². The maximum Gasteiger partial charge on any atom is 0.257 e. The molecule has 3 N–H and O–H groups in total. The molecule has 22 heavy (non-hydrogen) atoms. The molecule has 5 heteroatoms. The van der Waals surface area contributed by atoms with Crippen LogP contribution in [0.5, 0.6) is 0 Å². The number of benzene rings is 1. The Kier molecular flexibility index (Phi) is 2.99. The summed E-state index contributed by atoms with van der Waals surface area (Å²) in [5, 5.41) is 6.20. The van der Waals surface area contributed by atoms with Gasteiger partial charge in [0.15, 0.2) is 5.78 Å². The van der Waals surface area contributed by atoms with Crippen LogP contribution < -0.4 is 10.6 Å². The number of nitrogens with one attached hydrogen (secondary N) is 3. The molecule has 112 valence electrons. The Morgan fingerprint density at radius 1 is 1.18 bits per heavy atom. The molecule has 0 saturated heterocycles. The van der Waals surface area contributed by atoms with Gasteiger partial charge in [0.2, 0.25) is 0 Å². The zero-order valence-electron chi connectivity index (χ0n) is 12.2. The number of ketones is 1. The Balaban J connectivity index is 1.60. The fourth-order valence-corrected chi connectivity index (χ4v) is 3.29. The molecule has 2 heterocycles. The minimum absolute atomic E-state index is 0.0609. The molecule has 1 aliphatic heterocycles. The highest BCUT2D eigenvalue weighted by molar-refractivity contribution is 6.13. The number of hydrogen-bond donors (Lipinski definition) is 3. The monoisotopic (exact) mass is 295 g/mol. The van der Waals surface area contributed by atoms with Crippen molar-refractivity contribution in [1.29, 1.82) is 0 Å². The highest BCUT2D eigenvalue weighted by Gasteiger charge is 2.26. The Morgan fingerprint density at radius 2 is 2.09 bits per heavy atom. The van der Waals surface area contributed by atoms with Crippen molar-refractivity contribution in [3.63, 3.8) is 0 Å². The van der Waals surface area contributed by atoms with Gasteiger partial charge in [0, 0.05) is 36.2 Å². The summed E-state index contributed by atoms with van der Waals surface area (Å²) < 4.78 is 0. The second-order valence-electron chi connectivity index (χ2n) is 5.84. The van der Waals surface area contributed by atoms with Gasteiger partial charge in [0.05, 0.1) is 11.1 Å². The lowest BCUT2D eigenvalue weighted by Gasteiger charge is -2.12. The number of aromatic nitrogens is 1. The summed E-state index contributed by atoms with van der Waals surface area (Å²) in [5.74, 6) is -0.163. The predicted molar refractivity (Wildman–Crippen MR) is 84.7 cm³/mol. The van der Waals surface area contributed by atoms with Crippen molar-refractivity contribution in [1.82, 2.24) is 4.98 Å². The number of fused-ring (bicyclic) bond motifs is 2. The van der Waals surface area contributed by atoms with E-state index in [1.807, 2.05) is 18.2 Å². The first kappa shape index (κ1) is 13.1. The molecule has 5 nitrogen and oxygen atoms in total. The minimum Gasteiger partial charge on any atom is -0.384 e. The Morgan fingerprint density at radius 3 is 3.00 bits per heavy atom. The van der Waals surface area contributed by atoms with Crippen LogP contribution in [0.25, 0.3) is 0 Å². The molecule has 0 spiro atoms. The average molecular weight is 295 g/mol. The third kappa shape index (κ3) is 2.09. The fraction of sp³-hybridized carbons (Fsp3) is 0.294. The largest absolute Gasteiger partial charge is 0.384 e. The topological polar surface area (TPSA) is 74.0 Å². The molecule has 0 saturated carbocycles. The van der Waals surface area contributed by atoms with E-state index in [0.29, 0.717) is 17.5 Å². The van der Waals surface area contributed by atoms with E-state index in [-0.39, 0.29) is 11.7 Å². The van der Waals surface area contributed by atoms with Crippen LogP contribution in [0.3, 0.4) is 0 Å². The number of aryl methyl sites for hydroxylation is 1. The first-order chi connectivity index (χ1) is 10.7. The van der Waals surface area contributed by atoms with Gasteiger partial charge >= 0.3 is 0 Å². The lowest BCUT2D eigenvalue weighted by Crippen LogP contribution is -2.18. The number of aromatic amines is 1. The van der Waals surface area contributed by atoms with Gasteiger partial charge in [-0.15, -0.1) is 0 Å². The molecular weight excluding hydrogens is 278 g/mol. The number of hydrogen-bond acceptors (Lipinski definition) is 3. The molecule has 0 atom stereocenters. The van der Waals surface area contributed by atoms with Crippen LogP contribution in [0.4, 0.5) is 11.4 Å². The standard InChI is InChI=1S/C17H17N3O2/c21-15-3-1-2-14-16(15)12(9-19-14)17(22)20-11-4-5-13-10(8-11)6-7-18-13/h4-5,8-9,18-19H,1-3,6-7H2,(H,20,22). The number of rotatable bonds is 2. The summed E-state index contributed by atoms with van der Waals surface area (Å²) in [4.78, 5) is 27.6. The first-order valence-electron chi connectivity index (χ1n) is 7.64. The number of carbonyl (C=O) groups excluding carboxylic acids is 2. The highest BCUT2D eigenvalue weighted by Crippen LogP contribution is 2.27. The summed E-state index contributed by atoms with van der Waals surface area (Å²) in [6.45, 7) is 0.937. The zero-order chi connectivity index (χ0) is 15.1. The van der Waals surface area contributed by atoms with E-state index in [2.05, 4.69) is 15.6 Å². The van der Waals surface area contributed by atoms with Gasteiger partial charge in [0.1, 0.15) is 0 Å². The van der Waals surface area contributed by atoms with Gasteiger partial charge in [-0.2, -0.15) is 0 Å². The lowest BCUT2D eigenvalue weighted by atomic mass is 9.93. The van der Waals surface area contributed by atoms with Crippen molar-refractivity contribution in [3.8, 4) is 0 Å². The van der Waals surface area contributed by atoms with Crippen molar-refractivity contribution in [2.75, 3.05) is 17.2 Å². The maximum atomic E-state index is 12.5. The van der Waals surface area contributed by atoms with Crippen molar-refractivity contribution in [3.05, 3.63) is 46.8 Å². The van der Waals surface area contributed by atoms with Crippen LogP contribution >= 0.6 is 0 Å². The lowest BCUT2D eigenvalue weighted by molar-refractivity contribution is 0.0956. The van der Waals surface area contributed by atoms with Crippen LogP contribution in [0.1, 0.15) is 44.8 Å². The summed E-state index contributed by atoms with van der Waals surface area (Å²) in [6, 6.07) is 5.86. The van der Waals surface area contributed by atoms with E-state index in [1.54, 1.807) is 6.20 Å². The van der Waals surface area contributed by atoms with Gasteiger partial charge in [-0.25, -0.2) is 0 Å². The van der Waals surface area contributed by atoms with E-state index in [1.165, 1.54) is 5.56 Å². The smallest absolute Gasteiger partial charge is 0.257 e. The second kappa shape index (κ2) is 5.02. The summed E-state index contributed by atoms with van der Waals surface area (Å²) >= 11 is 0. The third-order valence-electron chi connectivity index (χ3n) is 4.39. The highest BCUT2D eigenvalue weighted by atomic mass is 16.2. The number of carbonyl (C=O) groups is 2. The molecule has 4 rings (SSSR count). The molecular formula is C17H17N3O2. The van der Waals surface area contributed by atoms with E-state index in [4.69, 9.17) is 0 Å². The van der Waals surface area contributed by atoms with Crippen LogP contribution in [-0.2, 0) is 12.8 Å². The number of Topliss-reactive ketones (excluding diaryl/α,β-unsaturated/α-hetero) is 1. The molecule has 0 radical (unpaired) electrons. The molecule has 2 aliphatic rings. The van der Waals surface area contributed by atoms with Crippen LogP contribution in [0.15, 0.2) is 24.4 Å². The van der Waals surface area contributed by atoms with Gasteiger partial charge in [0.25, 0.3) is 5.91 Å². The average Bonchev–Trinajstić information content (AvgIpc) is 3.13. The van der Waals surface area contributed by atoms with Gasteiger partial charge < -0.3 is 15.6 Å². The first-order valence-corrected chi connectivity index (χ1v) is 7.64. The number of amides is 1. The molecule has 0 bridgehead atoms. The van der Waals surface area contributed by atoms with E-state index >= 15 is 0 Å². The van der Waals surface area contributed by atoms with E-state index in [9.17, 15) is 9.59 Å². The zero-order valence-corrected chi connectivity index (χ0v) is 12.2. The summed E-state index contributed by atoms with van der Waals surface area (Å²) in [5.41, 5.74) is 5.03. The number of H-pyrrole nitrogens is 1. The van der Waals surface area contributed by atoms with Crippen molar-refractivity contribution in [2.24, 2.45) is 0 Å². The molecule has 0 fully saturated rings. The van der Waals surface area contributed by atoms with Crippen molar-refractivity contribution < 1.29 is 9.59 Å². The van der Waals surface area contributed by atoms with Crippen molar-refractivity contribution >= 4 is 23.1 Å². The van der Waals surface area contributed by atoms with Crippen LogP contribution in [0, 0.1) is 0 Å². The van der Waals surface area contributed by atoms with Crippen LogP contribution in [0.2, 0.25) is 0 Å². The Hall–Kier alpha value is -2.56. The van der Waals surface area contributed by atoms with Crippen LogP contribution in [-0.4, -0.2) is 23.2 Å². The molecule has 1 aromatic carbocycles. The fourth-order valence-electron chi connectivity index (χ4n) is 3.29. The summed E-state index contributed by atoms with van der Waals surface area (Å²) in [7, 11) is 0. The second-order valence-corrected chi connectivity index (χ2v) is 5.84. The van der Waals surface area contributed by atoms with Crippen molar-refractivity contribution in [2.45, 2.75) is 25.7 Å². The third-order valence-corrected chi connectivity index (χ3v) is 4.39. The molecule has 1 aliphatic carbocycles. The van der Waals surface area contributed by atoms with E-state index < -0.39 is 0 Å². The molecule has 1 aromatic heterocycles. The van der Waals surface area contributed by atoms with Gasteiger partial charge in [-0.3, -0.25) is 9.59 Å². The normalized spacial score (nSPS) is 15.9. The molecule has 1 amide bonds. The Bertz CT molecular complexity index is 776. The minimum atomic E-state index is -0.223. The van der Waals surface area contributed by atoms with Gasteiger partial charge in [-0.1, -0.05) is 0 Å². The Labute approximate surface area is 128 Å². The summed E-state index contributed by atoms with van der Waals surface area (Å²) in [6.07, 6.45) is 4.83. The molecule has 0 unspecified atom stereocenters. The SMILES string of the molecule is O=C(Nc1ccc2c(c1)CCN2)c1c[nH]c2c1C(=O)CCC2. The number of anilines is 2. The van der Waals surface area contributed by atoms with E-state index in [0.717, 1.165) is 42.9 Å². The molecule has 2 aromatic rings. The maximum absolute atomic E-state index is 12.5. The quantitative estimate of drug-likeness (QED) is 0.797.